The number of ether oxygens (including phenoxy) is 2. The van der Waals surface area contributed by atoms with Gasteiger partial charge in [0.25, 0.3) is 5.91 Å². The SMILES string of the molecule is COc1ccccc1OCC(=O)N(CCC(=O)Nc1ccc(Cl)cn1)C1CC1. The number of carbonyl (C=O) groups excluding carboxylic acids is 2. The molecule has 1 saturated carbocycles. The molecule has 1 heterocycles. The van der Waals surface area contributed by atoms with Gasteiger partial charge in [0, 0.05) is 25.2 Å². The van der Waals surface area contributed by atoms with Crippen LogP contribution >= 0.6 is 11.6 Å². The molecule has 1 aromatic heterocycles. The zero-order valence-electron chi connectivity index (χ0n) is 15.6. The van der Waals surface area contributed by atoms with Gasteiger partial charge in [-0.1, -0.05) is 23.7 Å². The second-order valence-electron chi connectivity index (χ2n) is 6.42. The van der Waals surface area contributed by atoms with Crippen LogP contribution in [0.2, 0.25) is 5.02 Å². The highest BCUT2D eigenvalue weighted by Gasteiger charge is 2.32. The van der Waals surface area contributed by atoms with Crippen molar-refractivity contribution in [2.75, 3.05) is 25.6 Å². The summed E-state index contributed by atoms with van der Waals surface area (Å²) in [5, 5.41) is 3.20. The Kier molecular flexibility index (Phi) is 6.71. The van der Waals surface area contributed by atoms with E-state index in [1.807, 2.05) is 12.1 Å². The summed E-state index contributed by atoms with van der Waals surface area (Å²) >= 11 is 5.78. The van der Waals surface area contributed by atoms with E-state index < -0.39 is 0 Å². The normalized spacial score (nSPS) is 12.9. The Morgan fingerprint density at radius 3 is 2.61 bits per heavy atom. The van der Waals surface area contributed by atoms with Crippen LogP contribution in [0.4, 0.5) is 5.82 Å². The molecule has 148 valence electrons. The van der Waals surface area contributed by atoms with Crippen molar-refractivity contribution in [2.24, 2.45) is 0 Å². The van der Waals surface area contributed by atoms with Crippen LogP contribution < -0.4 is 14.8 Å². The summed E-state index contributed by atoms with van der Waals surface area (Å²) in [6.07, 6.45) is 3.54. The van der Waals surface area contributed by atoms with E-state index in [1.165, 1.54) is 6.20 Å². The van der Waals surface area contributed by atoms with Crippen molar-refractivity contribution in [3.63, 3.8) is 0 Å². The fourth-order valence-electron chi connectivity index (χ4n) is 2.73. The van der Waals surface area contributed by atoms with Gasteiger partial charge in [-0.15, -0.1) is 0 Å². The quantitative estimate of drug-likeness (QED) is 0.695. The van der Waals surface area contributed by atoms with Gasteiger partial charge in [-0.3, -0.25) is 9.59 Å². The molecule has 0 spiro atoms. The number of nitrogens with one attached hydrogen (secondary N) is 1. The second-order valence-corrected chi connectivity index (χ2v) is 6.85. The first-order chi connectivity index (χ1) is 13.6. The third kappa shape index (κ3) is 5.60. The molecule has 0 saturated heterocycles. The number of pyridine rings is 1. The number of benzene rings is 1. The van der Waals surface area contributed by atoms with Crippen molar-refractivity contribution < 1.29 is 19.1 Å². The zero-order valence-corrected chi connectivity index (χ0v) is 16.3. The lowest BCUT2D eigenvalue weighted by Crippen LogP contribution is -2.38. The molecule has 2 amide bonds. The van der Waals surface area contributed by atoms with Gasteiger partial charge in [-0.05, 0) is 37.1 Å². The molecule has 3 rings (SSSR count). The van der Waals surface area contributed by atoms with E-state index in [4.69, 9.17) is 21.1 Å². The maximum absolute atomic E-state index is 12.6. The van der Waals surface area contributed by atoms with Gasteiger partial charge in [0.15, 0.2) is 18.1 Å². The minimum atomic E-state index is -0.209. The third-order valence-electron chi connectivity index (χ3n) is 4.30. The number of aromatic nitrogens is 1. The predicted octanol–water partition coefficient (Wildman–Crippen LogP) is 3.14. The molecular formula is C20H22ClN3O4. The average Bonchev–Trinajstić information content (AvgIpc) is 3.53. The van der Waals surface area contributed by atoms with Crippen molar-refractivity contribution in [1.29, 1.82) is 0 Å². The van der Waals surface area contributed by atoms with Crippen molar-refractivity contribution >= 4 is 29.2 Å². The molecule has 0 radical (unpaired) electrons. The van der Waals surface area contributed by atoms with Crippen molar-refractivity contribution in [3.05, 3.63) is 47.6 Å². The topological polar surface area (TPSA) is 80.8 Å². The molecule has 0 aliphatic heterocycles. The van der Waals surface area contributed by atoms with Gasteiger partial charge >= 0.3 is 0 Å². The molecule has 1 aromatic carbocycles. The largest absolute Gasteiger partial charge is 0.493 e. The first kappa shape index (κ1) is 19.9. The highest BCUT2D eigenvalue weighted by Crippen LogP contribution is 2.28. The molecule has 1 N–H and O–H groups in total. The standard InChI is InChI=1S/C20H22ClN3O4/c1-27-16-4-2-3-5-17(16)28-13-20(26)24(15-7-8-15)11-10-19(25)23-18-9-6-14(21)12-22-18/h2-6,9,12,15H,7-8,10-11,13H2,1H3,(H,22,23,25). The van der Waals surface area contributed by atoms with Crippen LogP contribution in [0.5, 0.6) is 11.5 Å². The summed E-state index contributed by atoms with van der Waals surface area (Å²) in [5.74, 6) is 1.16. The van der Waals surface area contributed by atoms with Crippen LogP contribution in [0.25, 0.3) is 0 Å². The number of halogens is 1. The van der Waals surface area contributed by atoms with Gasteiger partial charge < -0.3 is 19.7 Å². The van der Waals surface area contributed by atoms with Gasteiger partial charge in [0.2, 0.25) is 5.91 Å². The lowest BCUT2D eigenvalue weighted by atomic mass is 10.3. The Bertz CT molecular complexity index is 824. The van der Waals surface area contributed by atoms with Crippen LogP contribution in [-0.4, -0.2) is 48.0 Å². The number of hydrogen-bond acceptors (Lipinski definition) is 5. The molecule has 0 bridgehead atoms. The Labute approximate surface area is 168 Å². The van der Waals surface area contributed by atoms with Gasteiger partial charge in [0.05, 0.1) is 12.1 Å². The van der Waals surface area contributed by atoms with E-state index in [1.54, 1.807) is 36.3 Å². The van der Waals surface area contributed by atoms with E-state index >= 15 is 0 Å². The van der Waals surface area contributed by atoms with Crippen LogP contribution in [0.15, 0.2) is 42.6 Å². The van der Waals surface area contributed by atoms with Crippen LogP contribution in [-0.2, 0) is 9.59 Å². The van der Waals surface area contributed by atoms with E-state index in [9.17, 15) is 9.59 Å². The number of para-hydroxylation sites is 2. The van der Waals surface area contributed by atoms with Gasteiger partial charge in [-0.25, -0.2) is 4.98 Å². The summed E-state index contributed by atoms with van der Waals surface area (Å²) in [7, 11) is 1.55. The van der Waals surface area contributed by atoms with Crippen LogP contribution in [0.3, 0.4) is 0 Å². The van der Waals surface area contributed by atoms with Crippen molar-refractivity contribution in [2.45, 2.75) is 25.3 Å². The number of hydrogen-bond donors (Lipinski definition) is 1. The summed E-state index contributed by atoms with van der Waals surface area (Å²) in [6.45, 7) is 0.232. The lowest BCUT2D eigenvalue weighted by Gasteiger charge is -2.22. The summed E-state index contributed by atoms with van der Waals surface area (Å²) in [4.78, 5) is 30.5. The summed E-state index contributed by atoms with van der Waals surface area (Å²) in [5.41, 5.74) is 0. The molecule has 1 aliphatic carbocycles. The molecule has 2 aromatic rings. The molecule has 0 unspecified atom stereocenters. The molecular weight excluding hydrogens is 382 g/mol. The van der Waals surface area contributed by atoms with Crippen molar-refractivity contribution in [3.8, 4) is 11.5 Å². The monoisotopic (exact) mass is 403 g/mol. The maximum Gasteiger partial charge on any atom is 0.260 e. The Morgan fingerprint density at radius 2 is 1.96 bits per heavy atom. The van der Waals surface area contributed by atoms with Crippen LogP contribution in [0, 0.1) is 0 Å². The number of anilines is 1. The molecule has 0 atom stereocenters. The molecule has 28 heavy (non-hydrogen) atoms. The molecule has 1 aliphatic rings. The summed E-state index contributed by atoms with van der Waals surface area (Å²) in [6, 6.07) is 10.6. The third-order valence-corrected chi connectivity index (χ3v) is 4.53. The van der Waals surface area contributed by atoms with E-state index in [0.29, 0.717) is 28.9 Å². The number of nitrogens with zero attached hydrogens (tertiary/aromatic N) is 2. The van der Waals surface area contributed by atoms with E-state index in [2.05, 4.69) is 10.3 Å². The lowest BCUT2D eigenvalue weighted by molar-refractivity contribution is -0.134. The number of rotatable bonds is 9. The first-order valence-electron chi connectivity index (χ1n) is 9.03. The van der Waals surface area contributed by atoms with Crippen molar-refractivity contribution in [1.82, 2.24) is 9.88 Å². The van der Waals surface area contributed by atoms with E-state index in [0.717, 1.165) is 12.8 Å². The van der Waals surface area contributed by atoms with E-state index in [-0.39, 0.29) is 30.9 Å². The smallest absolute Gasteiger partial charge is 0.260 e. The average molecular weight is 404 g/mol. The highest BCUT2D eigenvalue weighted by molar-refractivity contribution is 6.30. The predicted molar refractivity (Wildman–Crippen MR) is 106 cm³/mol. The minimum absolute atomic E-state index is 0.1000. The fraction of sp³-hybridized carbons (Fsp3) is 0.350. The van der Waals surface area contributed by atoms with Gasteiger partial charge in [0.1, 0.15) is 5.82 Å². The van der Waals surface area contributed by atoms with Gasteiger partial charge in [-0.2, -0.15) is 0 Å². The highest BCUT2D eigenvalue weighted by atomic mass is 35.5. The first-order valence-corrected chi connectivity index (χ1v) is 9.41. The molecule has 7 nitrogen and oxygen atoms in total. The second kappa shape index (κ2) is 9.41. The molecule has 8 heteroatoms. The number of carbonyl (C=O) groups is 2. The fourth-order valence-corrected chi connectivity index (χ4v) is 2.85. The Morgan fingerprint density at radius 1 is 1.21 bits per heavy atom. The minimum Gasteiger partial charge on any atom is -0.493 e. The number of amides is 2. The Hall–Kier alpha value is -2.80. The summed E-state index contributed by atoms with van der Waals surface area (Å²) < 4.78 is 10.8. The zero-order chi connectivity index (χ0) is 19.9. The molecule has 1 fully saturated rings. The number of methoxy groups -OCH3 is 1. The maximum atomic E-state index is 12.6. The Balaban J connectivity index is 1.51. The van der Waals surface area contributed by atoms with Crippen LogP contribution in [0.1, 0.15) is 19.3 Å².